The maximum Gasteiger partial charge on any atom is 0.261 e. The Hall–Kier alpha value is -2.90. The molecule has 4 rings (SSSR count). The van der Waals surface area contributed by atoms with Crippen LogP contribution in [-0.2, 0) is 6.42 Å². The number of hydrogen-bond donors (Lipinski definition) is 1. The van der Waals surface area contributed by atoms with Crippen molar-refractivity contribution in [2.75, 3.05) is 5.32 Å². The zero-order valence-electron chi connectivity index (χ0n) is 13.2. The molecular formula is C16H15FN6O. The molecule has 0 bridgehead atoms. The molecule has 0 spiro atoms. The number of hydrogen-bond acceptors (Lipinski definition) is 5. The van der Waals surface area contributed by atoms with Crippen molar-refractivity contribution in [1.82, 2.24) is 24.6 Å². The molecule has 1 atom stereocenters. The first-order chi connectivity index (χ1) is 11.5. The van der Waals surface area contributed by atoms with E-state index in [2.05, 4.69) is 32.4 Å². The van der Waals surface area contributed by atoms with Gasteiger partial charge in [0.15, 0.2) is 11.5 Å². The average molecular weight is 326 g/mol. The van der Waals surface area contributed by atoms with Crippen molar-refractivity contribution in [3.8, 4) is 0 Å². The van der Waals surface area contributed by atoms with Crippen LogP contribution >= 0.6 is 0 Å². The van der Waals surface area contributed by atoms with Gasteiger partial charge in [0, 0.05) is 5.69 Å². The van der Waals surface area contributed by atoms with Gasteiger partial charge >= 0.3 is 0 Å². The van der Waals surface area contributed by atoms with Crippen LogP contribution in [0.2, 0.25) is 0 Å². The average Bonchev–Trinajstić information content (AvgIpc) is 3.12. The molecule has 0 fully saturated rings. The number of fused-ring (bicyclic) bond motifs is 3. The van der Waals surface area contributed by atoms with Gasteiger partial charge in [-0.1, -0.05) is 6.92 Å². The van der Waals surface area contributed by atoms with Crippen LogP contribution in [0.3, 0.4) is 0 Å². The quantitative estimate of drug-likeness (QED) is 0.781. The highest BCUT2D eigenvalue weighted by Crippen LogP contribution is 2.34. The highest BCUT2D eigenvalue weighted by Gasteiger charge is 2.27. The third kappa shape index (κ3) is 2.22. The zero-order chi connectivity index (χ0) is 16.8. The first kappa shape index (κ1) is 14.7. The van der Waals surface area contributed by atoms with E-state index in [1.54, 1.807) is 0 Å². The van der Waals surface area contributed by atoms with E-state index in [1.807, 2.05) is 17.4 Å². The maximum absolute atomic E-state index is 12.9. The third-order valence-corrected chi connectivity index (χ3v) is 4.40. The smallest absolute Gasteiger partial charge is 0.261 e. The number of pyridine rings is 1. The molecule has 0 aliphatic heterocycles. The monoisotopic (exact) mass is 326 g/mol. The number of halogens is 1. The fourth-order valence-electron chi connectivity index (χ4n) is 3.20. The lowest BCUT2D eigenvalue weighted by molar-refractivity contribution is 0.102. The van der Waals surface area contributed by atoms with Gasteiger partial charge in [-0.05, 0) is 37.3 Å². The predicted molar refractivity (Wildman–Crippen MR) is 84.4 cm³/mol. The van der Waals surface area contributed by atoms with Crippen molar-refractivity contribution in [1.29, 1.82) is 0 Å². The van der Waals surface area contributed by atoms with Gasteiger partial charge in [0.25, 0.3) is 5.91 Å². The van der Waals surface area contributed by atoms with Gasteiger partial charge in [0.2, 0.25) is 5.95 Å². The molecule has 0 saturated carbocycles. The first-order valence-corrected chi connectivity index (χ1v) is 7.71. The maximum atomic E-state index is 12.9. The van der Waals surface area contributed by atoms with E-state index in [0.29, 0.717) is 17.1 Å². The predicted octanol–water partition coefficient (Wildman–Crippen LogP) is 2.27. The van der Waals surface area contributed by atoms with Gasteiger partial charge in [-0.3, -0.25) is 14.5 Å². The topological polar surface area (TPSA) is 85.1 Å². The summed E-state index contributed by atoms with van der Waals surface area (Å²) in [6, 6.07) is 1.87. The second-order valence-electron chi connectivity index (χ2n) is 5.99. The molecule has 8 heteroatoms. The number of nitrogens with zero attached hydrogens (tertiary/aromatic N) is 5. The second-order valence-corrected chi connectivity index (χ2v) is 5.99. The van der Waals surface area contributed by atoms with Gasteiger partial charge in [-0.2, -0.15) is 0 Å². The third-order valence-electron chi connectivity index (χ3n) is 4.40. The van der Waals surface area contributed by atoms with Crippen LogP contribution in [0.15, 0.2) is 18.5 Å². The van der Waals surface area contributed by atoms with Gasteiger partial charge in [0.05, 0.1) is 18.0 Å². The van der Waals surface area contributed by atoms with E-state index in [-0.39, 0.29) is 11.9 Å². The normalized spacial score (nSPS) is 16.4. The molecule has 24 heavy (non-hydrogen) atoms. The number of amides is 1. The van der Waals surface area contributed by atoms with E-state index >= 15 is 0 Å². The number of anilines is 1. The number of aromatic nitrogens is 5. The minimum Gasteiger partial charge on any atom is -0.290 e. The van der Waals surface area contributed by atoms with E-state index in [1.165, 1.54) is 0 Å². The lowest BCUT2D eigenvalue weighted by Crippen LogP contribution is -2.17. The van der Waals surface area contributed by atoms with E-state index < -0.39 is 5.82 Å². The van der Waals surface area contributed by atoms with Crippen molar-refractivity contribution >= 4 is 17.5 Å². The number of carbonyl (C=O) groups is 1. The van der Waals surface area contributed by atoms with Crippen LogP contribution in [0.25, 0.3) is 5.65 Å². The second kappa shape index (κ2) is 5.33. The van der Waals surface area contributed by atoms with Crippen molar-refractivity contribution in [3.63, 3.8) is 0 Å². The molecule has 3 aromatic rings. The summed E-state index contributed by atoms with van der Waals surface area (Å²) in [6.07, 6.45) is 3.98. The Labute approximate surface area is 137 Å². The summed E-state index contributed by atoms with van der Waals surface area (Å²) in [7, 11) is 0. The van der Waals surface area contributed by atoms with E-state index in [0.717, 1.165) is 42.3 Å². The summed E-state index contributed by atoms with van der Waals surface area (Å²) in [5, 5.41) is 10.8. The van der Waals surface area contributed by atoms with Crippen LogP contribution in [-0.4, -0.2) is 30.5 Å². The molecule has 7 nitrogen and oxygen atoms in total. The van der Waals surface area contributed by atoms with Crippen LogP contribution in [0.5, 0.6) is 0 Å². The Morgan fingerprint density at radius 3 is 2.83 bits per heavy atom. The van der Waals surface area contributed by atoms with Gasteiger partial charge in [-0.25, -0.2) is 14.4 Å². The number of carbonyl (C=O) groups excluding carboxylic acids is 1. The molecular weight excluding hydrogens is 311 g/mol. The highest BCUT2D eigenvalue weighted by molar-refractivity contribution is 6.07. The fraction of sp³-hybridized carbons (Fsp3) is 0.312. The van der Waals surface area contributed by atoms with Crippen molar-refractivity contribution < 1.29 is 9.18 Å². The SMILES string of the molecule is Cc1nnc2c(C(=O)Nc3ncc(F)cn3)cc3c(n12)CC[C@@H]3C. The molecule has 1 aliphatic carbocycles. The summed E-state index contributed by atoms with van der Waals surface area (Å²) >= 11 is 0. The standard InChI is InChI=1S/C16H15FN6O/c1-8-3-4-13-11(8)5-12(14-22-21-9(2)23(13)14)15(24)20-16-18-6-10(17)7-19-16/h5-8H,3-4H2,1-2H3,(H,18,19,20,24)/t8-/m0/s1. The van der Waals surface area contributed by atoms with Crippen LogP contribution in [0.1, 0.15) is 46.7 Å². The molecule has 1 N–H and O–H groups in total. The molecule has 1 aliphatic rings. The lowest BCUT2D eigenvalue weighted by atomic mass is 10.0. The summed E-state index contributed by atoms with van der Waals surface area (Å²) in [5.74, 6) is 0.225. The van der Waals surface area contributed by atoms with Gasteiger partial charge in [0.1, 0.15) is 5.82 Å². The fourth-order valence-corrected chi connectivity index (χ4v) is 3.20. The molecule has 3 aromatic heterocycles. The Morgan fingerprint density at radius 1 is 1.33 bits per heavy atom. The zero-order valence-corrected chi connectivity index (χ0v) is 13.2. The molecule has 1 amide bonds. The molecule has 0 saturated heterocycles. The molecule has 122 valence electrons. The van der Waals surface area contributed by atoms with Gasteiger partial charge < -0.3 is 0 Å². The highest BCUT2D eigenvalue weighted by atomic mass is 19.1. The Balaban J connectivity index is 1.80. The molecule has 0 radical (unpaired) electrons. The van der Waals surface area contributed by atoms with Crippen molar-refractivity contribution in [2.45, 2.75) is 32.6 Å². The number of nitrogens with one attached hydrogen (secondary N) is 1. The van der Waals surface area contributed by atoms with E-state index in [9.17, 15) is 9.18 Å². The summed E-state index contributed by atoms with van der Waals surface area (Å²) in [5.41, 5.74) is 3.22. The van der Waals surface area contributed by atoms with E-state index in [4.69, 9.17) is 0 Å². The molecule has 0 aromatic carbocycles. The largest absolute Gasteiger partial charge is 0.290 e. The van der Waals surface area contributed by atoms with Crippen molar-refractivity contribution in [2.24, 2.45) is 0 Å². The summed E-state index contributed by atoms with van der Waals surface area (Å²) < 4.78 is 14.8. The van der Waals surface area contributed by atoms with Crippen molar-refractivity contribution in [3.05, 3.63) is 46.9 Å². The Kier molecular flexibility index (Phi) is 3.26. The minimum absolute atomic E-state index is 0.0457. The minimum atomic E-state index is -0.560. The molecule has 0 unspecified atom stereocenters. The Morgan fingerprint density at radius 2 is 2.08 bits per heavy atom. The number of aryl methyl sites for hydroxylation is 2. The van der Waals surface area contributed by atoms with Crippen LogP contribution < -0.4 is 5.32 Å². The van der Waals surface area contributed by atoms with Gasteiger partial charge in [-0.15, -0.1) is 10.2 Å². The first-order valence-electron chi connectivity index (χ1n) is 7.71. The summed E-state index contributed by atoms with van der Waals surface area (Å²) in [6.45, 7) is 4.01. The van der Waals surface area contributed by atoms with Crippen LogP contribution in [0, 0.1) is 12.7 Å². The van der Waals surface area contributed by atoms with Crippen LogP contribution in [0.4, 0.5) is 10.3 Å². The summed E-state index contributed by atoms with van der Waals surface area (Å²) in [4.78, 5) is 20.2. The Bertz CT molecular complexity index is 949. The number of rotatable bonds is 2. The lowest BCUT2D eigenvalue weighted by Gasteiger charge is -2.11. The molecule has 3 heterocycles.